The van der Waals surface area contributed by atoms with E-state index in [4.69, 9.17) is 4.52 Å². The first-order valence-corrected chi connectivity index (χ1v) is 4.63. The van der Waals surface area contributed by atoms with Gasteiger partial charge in [-0.25, -0.2) is 5.10 Å². The molecule has 2 aromatic heterocycles. The van der Waals surface area contributed by atoms with Gasteiger partial charge in [0.25, 0.3) is 5.56 Å². The normalized spacial score (nSPS) is 11.0. The average Bonchev–Trinajstić information content (AvgIpc) is 2.63. The van der Waals surface area contributed by atoms with Crippen LogP contribution in [0.25, 0.3) is 11.0 Å². The number of nitrogens with one attached hydrogen (secondary N) is 1. The highest BCUT2D eigenvalue weighted by atomic mass is 16.5. The van der Waals surface area contributed by atoms with Gasteiger partial charge in [0, 0.05) is 0 Å². The van der Waals surface area contributed by atoms with E-state index in [1.807, 2.05) is 13.8 Å². The molecular weight excluding hydrogens is 182 g/mol. The predicted molar refractivity (Wildman–Crippen MR) is 51.2 cm³/mol. The Bertz CT molecular complexity index is 512. The Balaban J connectivity index is 2.87. The number of aryl methyl sites for hydroxylation is 2. The molecule has 0 aromatic carbocycles. The molecule has 0 bridgehead atoms. The van der Waals surface area contributed by atoms with Crippen molar-refractivity contribution in [1.82, 2.24) is 15.4 Å². The molecule has 0 amide bonds. The summed E-state index contributed by atoms with van der Waals surface area (Å²) in [5, 5.41) is 10.7. The summed E-state index contributed by atoms with van der Waals surface area (Å²) in [5.74, 6) is 0. The van der Waals surface area contributed by atoms with Crippen LogP contribution in [-0.4, -0.2) is 15.4 Å². The van der Waals surface area contributed by atoms with E-state index in [0.29, 0.717) is 29.5 Å². The summed E-state index contributed by atoms with van der Waals surface area (Å²) in [7, 11) is 0. The smallest absolute Gasteiger partial charge is 0.277 e. The quantitative estimate of drug-likeness (QED) is 0.773. The van der Waals surface area contributed by atoms with Crippen LogP contribution in [0.1, 0.15) is 25.2 Å². The first-order chi connectivity index (χ1) is 6.77. The predicted octanol–water partition coefficient (Wildman–Crippen LogP) is 1.04. The van der Waals surface area contributed by atoms with E-state index >= 15 is 0 Å². The third kappa shape index (κ3) is 1.13. The van der Waals surface area contributed by atoms with Crippen molar-refractivity contribution in [3.63, 3.8) is 0 Å². The Morgan fingerprint density at radius 2 is 2.00 bits per heavy atom. The Morgan fingerprint density at radius 1 is 1.29 bits per heavy atom. The number of fused-ring (bicyclic) bond motifs is 1. The largest absolute Gasteiger partial charge is 0.354 e. The molecule has 2 heterocycles. The van der Waals surface area contributed by atoms with Crippen molar-refractivity contribution in [2.45, 2.75) is 26.7 Å². The van der Waals surface area contributed by atoms with Crippen molar-refractivity contribution in [2.75, 3.05) is 0 Å². The highest BCUT2D eigenvalue weighted by molar-refractivity contribution is 5.79. The van der Waals surface area contributed by atoms with Gasteiger partial charge in [-0.2, -0.15) is 5.10 Å². The molecule has 0 saturated carbocycles. The number of rotatable bonds is 2. The van der Waals surface area contributed by atoms with Crippen molar-refractivity contribution >= 4 is 11.0 Å². The third-order valence-electron chi connectivity index (χ3n) is 2.21. The van der Waals surface area contributed by atoms with Gasteiger partial charge in [-0.3, -0.25) is 4.79 Å². The van der Waals surface area contributed by atoms with Crippen LogP contribution in [0, 0.1) is 0 Å². The molecule has 0 atom stereocenters. The Labute approximate surface area is 80.1 Å². The zero-order valence-corrected chi connectivity index (χ0v) is 8.13. The van der Waals surface area contributed by atoms with E-state index < -0.39 is 0 Å². The molecule has 0 unspecified atom stereocenters. The van der Waals surface area contributed by atoms with Gasteiger partial charge in [0.2, 0.25) is 0 Å². The molecule has 0 fully saturated rings. The molecule has 5 nitrogen and oxygen atoms in total. The minimum Gasteiger partial charge on any atom is -0.354 e. The topological polar surface area (TPSA) is 71.8 Å². The Morgan fingerprint density at radius 3 is 2.64 bits per heavy atom. The summed E-state index contributed by atoms with van der Waals surface area (Å²) in [5.41, 5.74) is 1.73. The van der Waals surface area contributed by atoms with Crippen LogP contribution in [0.3, 0.4) is 0 Å². The maximum atomic E-state index is 11.5. The molecule has 2 aromatic rings. The van der Waals surface area contributed by atoms with Crippen LogP contribution >= 0.6 is 0 Å². The fraction of sp³-hybridized carbons (Fsp3) is 0.444. The number of H-pyrrole nitrogens is 1. The van der Waals surface area contributed by atoms with E-state index in [1.54, 1.807) is 0 Å². The van der Waals surface area contributed by atoms with Crippen molar-refractivity contribution in [1.29, 1.82) is 0 Å². The monoisotopic (exact) mass is 193 g/mol. The van der Waals surface area contributed by atoms with E-state index in [9.17, 15) is 4.79 Å². The van der Waals surface area contributed by atoms with E-state index in [0.717, 1.165) is 5.69 Å². The second kappa shape index (κ2) is 3.25. The number of hydrogen-bond donors (Lipinski definition) is 1. The lowest BCUT2D eigenvalue weighted by atomic mass is 10.2. The molecule has 0 radical (unpaired) electrons. The standard InChI is InChI=1S/C9H11N3O2/c1-3-5-7-8(14-12-5)6(4-2)10-11-9(7)13/h3-4H2,1-2H3,(H,11,13). The molecule has 2 rings (SSSR count). The fourth-order valence-corrected chi connectivity index (χ4v) is 1.46. The summed E-state index contributed by atoms with van der Waals surface area (Å²) in [6, 6.07) is 0. The molecule has 5 heteroatoms. The zero-order valence-electron chi connectivity index (χ0n) is 8.13. The van der Waals surface area contributed by atoms with E-state index in [1.165, 1.54) is 0 Å². The van der Waals surface area contributed by atoms with Gasteiger partial charge < -0.3 is 4.52 Å². The maximum absolute atomic E-state index is 11.5. The molecule has 0 spiro atoms. The van der Waals surface area contributed by atoms with Gasteiger partial charge in [-0.15, -0.1) is 0 Å². The summed E-state index contributed by atoms with van der Waals surface area (Å²) in [6.45, 7) is 3.89. The fourth-order valence-electron chi connectivity index (χ4n) is 1.46. The maximum Gasteiger partial charge on any atom is 0.277 e. The number of hydrogen-bond acceptors (Lipinski definition) is 4. The molecule has 1 N–H and O–H groups in total. The summed E-state index contributed by atoms with van der Waals surface area (Å²) in [6.07, 6.45) is 1.40. The summed E-state index contributed by atoms with van der Waals surface area (Å²) in [4.78, 5) is 11.5. The minimum absolute atomic E-state index is 0.227. The second-order valence-electron chi connectivity index (χ2n) is 3.04. The molecule has 0 aliphatic rings. The SMILES string of the molecule is CCc1n[nH]c(=O)c2c(CC)noc12. The van der Waals surface area contributed by atoms with Crippen molar-refractivity contribution in [2.24, 2.45) is 0 Å². The lowest BCUT2D eigenvalue weighted by Gasteiger charge is -1.93. The van der Waals surface area contributed by atoms with Gasteiger partial charge in [0.1, 0.15) is 11.1 Å². The molecule has 14 heavy (non-hydrogen) atoms. The van der Waals surface area contributed by atoms with E-state index in [2.05, 4.69) is 15.4 Å². The first-order valence-electron chi connectivity index (χ1n) is 4.63. The van der Waals surface area contributed by atoms with Gasteiger partial charge in [0.15, 0.2) is 5.58 Å². The third-order valence-corrected chi connectivity index (χ3v) is 2.21. The molecule has 74 valence electrons. The molecule has 0 aliphatic heterocycles. The van der Waals surface area contributed by atoms with Gasteiger partial charge in [-0.05, 0) is 12.8 Å². The van der Waals surface area contributed by atoms with Crippen LogP contribution in [0.15, 0.2) is 9.32 Å². The van der Waals surface area contributed by atoms with Crippen molar-refractivity contribution in [3.05, 3.63) is 21.7 Å². The lowest BCUT2D eigenvalue weighted by Crippen LogP contribution is -2.10. The second-order valence-corrected chi connectivity index (χ2v) is 3.04. The summed E-state index contributed by atoms with van der Waals surface area (Å²) >= 11 is 0. The van der Waals surface area contributed by atoms with Gasteiger partial charge in [-0.1, -0.05) is 19.0 Å². The highest BCUT2D eigenvalue weighted by Crippen LogP contribution is 2.16. The summed E-state index contributed by atoms with van der Waals surface area (Å²) < 4.78 is 5.11. The van der Waals surface area contributed by atoms with Crippen LogP contribution in [0.5, 0.6) is 0 Å². The van der Waals surface area contributed by atoms with Crippen LogP contribution in [-0.2, 0) is 12.8 Å². The highest BCUT2D eigenvalue weighted by Gasteiger charge is 2.14. The average molecular weight is 193 g/mol. The zero-order chi connectivity index (χ0) is 10.1. The first kappa shape index (κ1) is 8.93. The Kier molecular flexibility index (Phi) is 2.07. The van der Waals surface area contributed by atoms with Crippen LogP contribution < -0.4 is 5.56 Å². The molecule has 0 saturated heterocycles. The number of aromatic nitrogens is 3. The Hall–Kier alpha value is -1.65. The van der Waals surface area contributed by atoms with E-state index in [-0.39, 0.29) is 5.56 Å². The number of nitrogens with zero attached hydrogens (tertiary/aromatic N) is 2. The van der Waals surface area contributed by atoms with Gasteiger partial charge >= 0.3 is 0 Å². The number of aromatic amines is 1. The molecular formula is C9H11N3O2. The van der Waals surface area contributed by atoms with Crippen LogP contribution in [0.2, 0.25) is 0 Å². The van der Waals surface area contributed by atoms with Crippen LogP contribution in [0.4, 0.5) is 0 Å². The lowest BCUT2D eigenvalue weighted by molar-refractivity contribution is 0.443. The van der Waals surface area contributed by atoms with Crippen molar-refractivity contribution < 1.29 is 4.52 Å². The van der Waals surface area contributed by atoms with Gasteiger partial charge in [0.05, 0.1) is 5.69 Å². The molecule has 0 aliphatic carbocycles. The van der Waals surface area contributed by atoms with Crippen molar-refractivity contribution in [3.8, 4) is 0 Å². The minimum atomic E-state index is -0.227.